The zero-order valence-electron chi connectivity index (χ0n) is 15.4. The monoisotopic (exact) mass is 412 g/mol. The van der Waals surface area contributed by atoms with Gasteiger partial charge in [0.1, 0.15) is 5.82 Å². The first kappa shape index (κ1) is 21.3. The Bertz CT molecular complexity index is 913. The summed E-state index contributed by atoms with van der Waals surface area (Å²) in [6.45, 7) is 5.74. The van der Waals surface area contributed by atoms with Gasteiger partial charge in [-0.05, 0) is 42.8 Å². The van der Waals surface area contributed by atoms with Crippen LogP contribution in [-0.4, -0.2) is 31.7 Å². The number of sulfonamides is 1. The second-order valence-corrected chi connectivity index (χ2v) is 8.35. The summed E-state index contributed by atoms with van der Waals surface area (Å²) < 4.78 is 40.7. The molecule has 0 saturated carbocycles. The van der Waals surface area contributed by atoms with Gasteiger partial charge in [0, 0.05) is 18.1 Å². The van der Waals surface area contributed by atoms with Crippen LogP contribution in [0.4, 0.5) is 4.39 Å². The molecule has 0 aliphatic heterocycles. The molecule has 0 aromatic heterocycles. The van der Waals surface area contributed by atoms with Crippen molar-refractivity contribution < 1.29 is 17.6 Å². The van der Waals surface area contributed by atoms with Crippen LogP contribution in [0.3, 0.4) is 0 Å². The van der Waals surface area contributed by atoms with Gasteiger partial charge >= 0.3 is 0 Å². The van der Waals surface area contributed by atoms with E-state index in [0.29, 0.717) is 5.02 Å². The lowest BCUT2D eigenvalue weighted by Gasteiger charge is -2.19. The van der Waals surface area contributed by atoms with E-state index in [0.717, 1.165) is 17.7 Å². The molecule has 1 amide bonds. The fourth-order valence-corrected chi connectivity index (χ4v) is 4.27. The number of carbonyl (C=O) groups is 1. The van der Waals surface area contributed by atoms with E-state index in [9.17, 15) is 17.6 Å². The SMILES string of the molecule is CCN(CC)S(=O)(=O)c1ccc(F)c(C(=O)NC(C)c2ccc(Cl)cc2)c1. The summed E-state index contributed by atoms with van der Waals surface area (Å²) in [4.78, 5) is 12.4. The Kier molecular flexibility index (Phi) is 6.97. The minimum absolute atomic E-state index is 0.114. The number of benzene rings is 2. The van der Waals surface area contributed by atoms with Crippen LogP contribution in [0.5, 0.6) is 0 Å². The van der Waals surface area contributed by atoms with Gasteiger partial charge in [-0.3, -0.25) is 4.79 Å². The number of rotatable bonds is 7. The Hall–Kier alpha value is -1.96. The summed E-state index contributed by atoms with van der Waals surface area (Å²) in [5, 5.41) is 3.25. The number of nitrogens with one attached hydrogen (secondary N) is 1. The minimum atomic E-state index is -3.79. The maximum absolute atomic E-state index is 14.2. The van der Waals surface area contributed by atoms with Crippen LogP contribution in [0, 0.1) is 5.82 Å². The fourth-order valence-electron chi connectivity index (χ4n) is 2.66. The average Bonchev–Trinajstić information content (AvgIpc) is 2.63. The molecular weight excluding hydrogens is 391 g/mol. The van der Waals surface area contributed by atoms with E-state index in [2.05, 4.69) is 5.32 Å². The lowest BCUT2D eigenvalue weighted by Crippen LogP contribution is -2.31. The number of hydrogen-bond acceptors (Lipinski definition) is 3. The van der Waals surface area contributed by atoms with Gasteiger partial charge in [-0.2, -0.15) is 4.31 Å². The maximum atomic E-state index is 14.2. The molecule has 0 radical (unpaired) electrons. The third kappa shape index (κ3) is 4.86. The Morgan fingerprint density at radius 2 is 1.74 bits per heavy atom. The first-order valence-corrected chi connectivity index (χ1v) is 10.4. The van der Waals surface area contributed by atoms with E-state index >= 15 is 0 Å². The third-order valence-corrected chi connectivity index (χ3v) is 6.54. The zero-order chi connectivity index (χ0) is 20.2. The lowest BCUT2D eigenvalue weighted by molar-refractivity contribution is 0.0935. The van der Waals surface area contributed by atoms with Crippen molar-refractivity contribution in [1.82, 2.24) is 9.62 Å². The summed E-state index contributed by atoms with van der Waals surface area (Å²) in [6.07, 6.45) is 0. The molecule has 0 aliphatic rings. The molecule has 2 rings (SSSR count). The molecule has 1 unspecified atom stereocenters. The fraction of sp³-hybridized carbons (Fsp3) is 0.316. The molecule has 1 atom stereocenters. The average molecular weight is 413 g/mol. The lowest BCUT2D eigenvalue weighted by atomic mass is 10.1. The molecule has 27 heavy (non-hydrogen) atoms. The quantitative estimate of drug-likeness (QED) is 0.747. The maximum Gasteiger partial charge on any atom is 0.254 e. The summed E-state index contributed by atoms with van der Waals surface area (Å²) in [5.41, 5.74) is 0.476. The van der Waals surface area contributed by atoms with E-state index in [1.54, 1.807) is 45.0 Å². The molecule has 0 heterocycles. The zero-order valence-corrected chi connectivity index (χ0v) is 16.9. The van der Waals surface area contributed by atoms with Gasteiger partial charge in [0.05, 0.1) is 16.5 Å². The van der Waals surface area contributed by atoms with E-state index < -0.39 is 27.8 Å². The molecule has 8 heteroatoms. The van der Waals surface area contributed by atoms with Gasteiger partial charge in [0.15, 0.2) is 0 Å². The Balaban J connectivity index is 2.30. The Morgan fingerprint density at radius 3 is 2.30 bits per heavy atom. The highest BCUT2D eigenvalue weighted by atomic mass is 35.5. The van der Waals surface area contributed by atoms with Crippen LogP contribution in [0.2, 0.25) is 5.02 Å². The smallest absolute Gasteiger partial charge is 0.254 e. The van der Waals surface area contributed by atoms with Crippen molar-refractivity contribution in [3.05, 3.63) is 64.4 Å². The molecule has 0 spiro atoms. The highest BCUT2D eigenvalue weighted by Gasteiger charge is 2.24. The molecular formula is C19H22ClFN2O3S. The number of amides is 1. The summed E-state index contributed by atoms with van der Waals surface area (Å²) in [7, 11) is -3.79. The molecule has 0 saturated heterocycles. The Labute approximate surface area is 164 Å². The van der Waals surface area contributed by atoms with Gasteiger partial charge in [-0.1, -0.05) is 37.6 Å². The molecule has 0 fully saturated rings. The van der Waals surface area contributed by atoms with Crippen molar-refractivity contribution in [2.45, 2.75) is 31.7 Å². The van der Waals surface area contributed by atoms with Crippen LogP contribution in [-0.2, 0) is 10.0 Å². The van der Waals surface area contributed by atoms with Crippen molar-refractivity contribution in [3.63, 3.8) is 0 Å². The van der Waals surface area contributed by atoms with Crippen molar-refractivity contribution >= 4 is 27.5 Å². The largest absolute Gasteiger partial charge is 0.345 e. The van der Waals surface area contributed by atoms with Crippen molar-refractivity contribution in [1.29, 1.82) is 0 Å². The normalized spacial score (nSPS) is 12.8. The van der Waals surface area contributed by atoms with Crippen molar-refractivity contribution in [2.24, 2.45) is 0 Å². The second-order valence-electron chi connectivity index (χ2n) is 5.98. The number of hydrogen-bond donors (Lipinski definition) is 1. The third-order valence-electron chi connectivity index (χ3n) is 4.24. The van der Waals surface area contributed by atoms with Gasteiger partial charge < -0.3 is 5.32 Å². The van der Waals surface area contributed by atoms with Crippen LogP contribution >= 0.6 is 11.6 Å². The minimum Gasteiger partial charge on any atom is -0.345 e. The van der Waals surface area contributed by atoms with E-state index in [-0.39, 0.29) is 23.5 Å². The van der Waals surface area contributed by atoms with E-state index in [1.807, 2.05) is 0 Å². The summed E-state index contributed by atoms with van der Waals surface area (Å²) in [6, 6.07) is 9.73. The second kappa shape index (κ2) is 8.82. The van der Waals surface area contributed by atoms with E-state index in [1.165, 1.54) is 10.4 Å². The van der Waals surface area contributed by atoms with Gasteiger partial charge in [-0.25, -0.2) is 12.8 Å². The van der Waals surface area contributed by atoms with Gasteiger partial charge in [0.25, 0.3) is 5.91 Å². The molecule has 0 bridgehead atoms. The van der Waals surface area contributed by atoms with Gasteiger partial charge in [0.2, 0.25) is 10.0 Å². The van der Waals surface area contributed by atoms with Crippen molar-refractivity contribution in [3.8, 4) is 0 Å². The molecule has 5 nitrogen and oxygen atoms in total. The van der Waals surface area contributed by atoms with Crippen LogP contribution < -0.4 is 5.32 Å². The number of carbonyl (C=O) groups excluding carboxylic acids is 1. The number of nitrogens with zero attached hydrogens (tertiary/aromatic N) is 1. The predicted molar refractivity (Wildman–Crippen MR) is 104 cm³/mol. The van der Waals surface area contributed by atoms with Crippen LogP contribution in [0.25, 0.3) is 0 Å². The van der Waals surface area contributed by atoms with E-state index in [4.69, 9.17) is 11.6 Å². The summed E-state index contributed by atoms with van der Waals surface area (Å²) >= 11 is 5.85. The number of halogens is 2. The molecule has 1 N–H and O–H groups in total. The van der Waals surface area contributed by atoms with Gasteiger partial charge in [-0.15, -0.1) is 0 Å². The molecule has 2 aromatic rings. The van der Waals surface area contributed by atoms with Crippen molar-refractivity contribution in [2.75, 3.05) is 13.1 Å². The topological polar surface area (TPSA) is 66.5 Å². The van der Waals surface area contributed by atoms with Crippen LogP contribution in [0.1, 0.15) is 42.7 Å². The first-order chi connectivity index (χ1) is 12.7. The Morgan fingerprint density at radius 1 is 1.15 bits per heavy atom. The first-order valence-electron chi connectivity index (χ1n) is 8.56. The molecule has 0 aliphatic carbocycles. The predicted octanol–water partition coefficient (Wildman–Crippen LogP) is 4.00. The highest BCUT2D eigenvalue weighted by molar-refractivity contribution is 7.89. The standard InChI is InChI=1S/C19H22ClFN2O3S/c1-4-23(5-2)27(25,26)16-10-11-18(21)17(12-16)19(24)22-13(3)14-6-8-15(20)9-7-14/h6-13H,4-5H2,1-3H3,(H,22,24). The highest BCUT2D eigenvalue weighted by Crippen LogP contribution is 2.21. The summed E-state index contributed by atoms with van der Waals surface area (Å²) in [5.74, 6) is -1.47. The van der Waals surface area contributed by atoms with Crippen LogP contribution in [0.15, 0.2) is 47.4 Å². The molecule has 2 aromatic carbocycles. The molecule has 146 valence electrons.